The van der Waals surface area contributed by atoms with Gasteiger partial charge in [-0.2, -0.15) is 8.42 Å². The molecule has 2 heterocycles. The van der Waals surface area contributed by atoms with E-state index in [1.54, 1.807) is 6.07 Å². The van der Waals surface area contributed by atoms with Gasteiger partial charge in [-0.05, 0) is 12.0 Å². The summed E-state index contributed by atoms with van der Waals surface area (Å²) in [5.74, 6) is 6.48. The first kappa shape index (κ1) is 12.8. The molecule has 1 aromatic rings. The predicted molar refractivity (Wildman–Crippen MR) is 70.1 cm³/mol. The summed E-state index contributed by atoms with van der Waals surface area (Å²) in [5.41, 5.74) is 0.408. The van der Waals surface area contributed by atoms with Gasteiger partial charge in [0, 0.05) is 6.42 Å². The van der Waals surface area contributed by atoms with Crippen LogP contribution in [0.5, 0.6) is 0 Å². The van der Waals surface area contributed by atoms with Gasteiger partial charge in [0.25, 0.3) is 10.0 Å². The second-order valence-corrected chi connectivity index (χ2v) is 7.66. The highest BCUT2D eigenvalue weighted by atomic mass is 35.5. The maximum absolute atomic E-state index is 11.9. The van der Waals surface area contributed by atoms with Crippen molar-refractivity contribution in [3.63, 3.8) is 0 Å². The smallest absolute Gasteiger partial charge is 0.263 e. The van der Waals surface area contributed by atoms with Crippen LogP contribution in [-0.2, 0) is 10.0 Å². The van der Waals surface area contributed by atoms with E-state index in [2.05, 4.69) is 4.40 Å². The molecule has 0 radical (unpaired) electrons. The number of hydrogen-bond donors (Lipinski definition) is 1. The lowest BCUT2D eigenvalue weighted by atomic mass is 10.1. The van der Waals surface area contributed by atoms with E-state index in [1.807, 2.05) is 13.8 Å². The Morgan fingerprint density at radius 2 is 2.24 bits per heavy atom. The van der Waals surface area contributed by atoms with Crippen molar-refractivity contribution in [2.45, 2.75) is 24.5 Å². The van der Waals surface area contributed by atoms with Crippen LogP contribution in [0.2, 0.25) is 4.34 Å². The Labute approximate surface area is 109 Å². The van der Waals surface area contributed by atoms with E-state index in [9.17, 15) is 8.42 Å². The highest BCUT2D eigenvalue weighted by Gasteiger charge is 2.32. The molecule has 0 atom stereocenters. The number of anilines is 1. The van der Waals surface area contributed by atoms with Gasteiger partial charge in [0.1, 0.15) is 5.84 Å². The SMILES string of the molecule is CC(C)CC1=NS(=O)(=O)c2sc(Cl)cc2N1N. The summed E-state index contributed by atoms with van der Waals surface area (Å²) < 4.78 is 28.0. The molecular weight excluding hydrogens is 282 g/mol. The van der Waals surface area contributed by atoms with Gasteiger partial charge in [-0.15, -0.1) is 15.7 Å². The zero-order valence-electron chi connectivity index (χ0n) is 9.34. The molecule has 2 rings (SSSR count). The number of halogens is 1. The summed E-state index contributed by atoms with van der Waals surface area (Å²) in [6, 6.07) is 1.55. The molecule has 0 aromatic carbocycles. The van der Waals surface area contributed by atoms with Gasteiger partial charge in [0.05, 0.1) is 10.0 Å². The normalized spacial score (nSPS) is 18.2. The van der Waals surface area contributed by atoms with Crippen molar-refractivity contribution >= 4 is 44.5 Å². The van der Waals surface area contributed by atoms with Crippen molar-refractivity contribution in [3.05, 3.63) is 10.4 Å². The maximum Gasteiger partial charge on any atom is 0.295 e. The molecule has 0 spiro atoms. The summed E-state index contributed by atoms with van der Waals surface area (Å²) in [7, 11) is -3.65. The fourth-order valence-corrected chi connectivity index (χ4v) is 4.38. The number of nitrogens with two attached hydrogens (primary N) is 1. The summed E-state index contributed by atoms with van der Waals surface area (Å²) in [6.07, 6.45) is 0.503. The van der Waals surface area contributed by atoms with Crippen LogP contribution in [0.1, 0.15) is 20.3 Å². The number of thiophene rings is 1. The minimum Gasteiger partial charge on any atom is -0.263 e. The number of rotatable bonds is 2. The lowest BCUT2D eigenvalue weighted by molar-refractivity contribution is 0.597. The van der Waals surface area contributed by atoms with E-state index in [0.717, 1.165) is 11.3 Å². The molecule has 1 aliphatic heterocycles. The van der Waals surface area contributed by atoms with Crippen molar-refractivity contribution in [2.24, 2.45) is 16.2 Å². The largest absolute Gasteiger partial charge is 0.295 e. The van der Waals surface area contributed by atoms with Crippen LogP contribution >= 0.6 is 22.9 Å². The number of nitrogens with zero attached hydrogens (tertiary/aromatic N) is 2. The lowest BCUT2D eigenvalue weighted by Gasteiger charge is -2.24. The molecule has 0 bridgehead atoms. The van der Waals surface area contributed by atoms with Crippen LogP contribution in [0.15, 0.2) is 14.7 Å². The molecule has 0 fully saturated rings. The highest BCUT2D eigenvalue weighted by Crippen LogP contribution is 2.40. The van der Waals surface area contributed by atoms with Gasteiger partial charge < -0.3 is 0 Å². The Kier molecular flexibility index (Phi) is 3.19. The quantitative estimate of drug-likeness (QED) is 0.848. The van der Waals surface area contributed by atoms with Crippen molar-refractivity contribution in [2.75, 3.05) is 5.01 Å². The first-order valence-corrected chi connectivity index (χ1v) is 7.62. The molecule has 17 heavy (non-hydrogen) atoms. The number of sulfonamides is 1. The van der Waals surface area contributed by atoms with Gasteiger partial charge in [-0.25, -0.2) is 5.84 Å². The fraction of sp³-hybridized carbons (Fsp3) is 0.444. The van der Waals surface area contributed by atoms with E-state index in [0.29, 0.717) is 22.3 Å². The Morgan fingerprint density at radius 1 is 1.59 bits per heavy atom. The summed E-state index contributed by atoms with van der Waals surface area (Å²) in [4.78, 5) is 0. The van der Waals surface area contributed by atoms with Crippen LogP contribution < -0.4 is 10.9 Å². The van der Waals surface area contributed by atoms with Gasteiger partial charge >= 0.3 is 0 Å². The highest BCUT2D eigenvalue weighted by molar-refractivity contribution is 7.92. The first-order chi connectivity index (χ1) is 7.81. The molecule has 0 saturated heterocycles. The maximum atomic E-state index is 11.9. The van der Waals surface area contributed by atoms with Crippen LogP contribution in [-0.4, -0.2) is 14.3 Å². The van der Waals surface area contributed by atoms with Crippen LogP contribution in [0.25, 0.3) is 0 Å². The van der Waals surface area contributed by atoms with Crippen molar-refractivity contribution in [1.29, 1.82) is 0 Å². The minimum atomic E-state index is -3.65. The third kappa shape index (κ3) is 2.33. The molecule has 0 saturated carbocycles. The third-order valence-corrected chi connectivity index (χ3v) is 5.30. The average molecular weight is 294 g/mol. The molecule has 8 heteroatoms. The number of hydrazine groups is 1. The molecule has 0 unspecified atom stereocenters. The molecule has 1 aliphatic rings. The Hall–Kier alpha value is -0.630. The first-order valence-electron chi connectivity index (χ1n) is 4.99. The molecular formula is C9H12ClN3O2S2. The van der Waals surface area contributed by atoms with E-state index in [1.165, 1.54) is 5.01 Å². The summed E-state index contributed by atoms with van der Waals surface area (Å²) in [5, 5.41) is 1.30. The van der Waals surface area contributed by atoms with Gasteiger partial charge in [0.15, 0.2) is 4.21 Å². The molecule has 94 valence electrons. The second kappa shape index (κ2) is 4.24. The molecule has 0 aliphatic carbocycles. The van der Waals surface area contributed by atoms with Crippen LogP contribution in [0.3, 0.4) is 0 Å². The van der Waals surface area contributed by atoms with Crippen molar-refractivity contribution < 1.29 is 8.42 Å². The fourth-order valence-electron chi connectivity index (χ4n) is 1.55. The van der Waals surface area contributed by atoms with Crippen LogP contribution in [0.4, 0.5) is 5.69 Å². The van der Waals surface area contributed by atoms with Crippen molar-refractivity contribution in [3.8, 4) is 0 Å². The molecule has 2 N–H and O–H groups in total. The van der Waals surface area contributed by atoms with Crippen molar-refractivity contribution in [1.82, 2.24) is 0 Å². The second-order valence-electron chi connectivity index (χ2n) is 4.17. The van der Waals surface area contributed by atoms with E-state index in [4.69, 9.17) is 17.4 Å². The zero-order chi connectivity index (χ0) is 12.8. The Balaban J connectivity index is 2.53. The molecule has 0 amide bonds. The average Bonchev–Trinajstić information content (AvgIpc) is 2.56. The minimum absolute atomic E-state index is 0.109. The predicted octanol–water partition coefficient (Wildman–Crippen LogP) is 2.23. The van der Waals surface area contributed by atoms with E-state index in [-0.39, 0.29) is 10.1 Å². The number of amidine groups is 1. The van der Waals surface area contributed by atoms with E-state index < -0.39 is 10.0 Å². The van der Waals surface area contributed by atoms with E-state index >= 15 is 0 Å². The summed E-state index contributed by atoms with van der Waals surface area (Å²) in [6.45, 7) is 3.94. The van der Waals surface area contributed by atoms with Crippen LogP contribution in [0, 0.1) is 5.92 Å². The number of fused-ring (bicyclic) bond motifs is 1. The Morgan fingerprint density at radius 3 is 2.82 bits per heavy atom. The van der Waals surface area contributed by atoms with Gasteiger partial charge in [-0.3, -0.25) is 5.01 Å². The monoisotopic (exact) mass is 293 g/mol. The number of hydrogen-bond acceptors (Lipinski definition) is 5. The van der Waals surface area contributed by atoms with Gasteiger partial charge in [-0.1, -0.05) is 25.4 Å². The summed E-state index contributed by atoms with van der Waals surface area (Å²) >= 11 is 6.79. The third-order valence-electron chi connectivity index (χ3n) is 2.24. The molecule has 5 nitrogen and oxygen atoms in total. The zero-order valence-corrected chi connectivity index (χ0v) is 11.7. The lowest BCUT2D eigenvalue weighted by Crippen LogP contribution is -2.41. The Bertz CT molecular complexity index is 577. The van der Waals surface area contributed by atoms with Gasteiger partial charge in [0.2, 0.25) is 0 Å². The standard InChI is InChI=1S/C9H12ClN3O2S2/c1-5(2)3-8-12-17(14,15)9-6(13(8)11)4-7(10)16-9/h4-5H,3,11H2,1-2H3. The molecule has 1 aromatic heterocycles. The topological polar surface area (TPSA) is 75.8 Å².